The van der Waals surface area contributed by atoms with Crippen molar-refractivity contribution >= 4 is 5.97 Å². The Kier molecular flexibility index (Phi) is 4.79. The molecule has 0 aromatic heterocycles. The van der Waals surface area contributed by atoms with Crippen LogP contribution in [0.25, 0.3) is 0 Å². The fourth-order valence-electron chi connectivity index (χ4n) is 2.72. The fraction of sp³-hybridized carbons (Fsp3) is 0.316. The van der Waals surface area contributed by atoms with E-state index in [1.165, 1.54) is 12.5 Å². The highest BCUT2D eigenvalue weighted by molar-refractivity contribution is 5.66. The topological polar surface area (TPSA) is 26.3 Å². The Balaban J connectivity index is 2.49. The van der Waals surface area contributed by atoms with Crippen LogP contribution in [0.3, 0.4) is 0 Å². The van der Waals surface area contributed by atoms with Gasteiger partial charge >= 0.3 is 5.97 Å². The van der Waals surface area contributed by atoms with Gasteiger partial charge in [-0.2, -0.15) is 0 Å². The average molecular weight is 282 g/mol. The van der Waals surface area contributed by atoms with Crippen LogP contribution in [0.1, 0.15) is 44.4 Å². The average Bonchev–Trinajstić information content (AvgIpc) is 2.53. The summed E-state index contributed by atoms with van der Waals surface area (Å²) in [5.41, 5.74) is 1.96. The highest BCUT2D eigenvalue weighted by Gasteiger charge is 2.37. The lowest BCUT2D eigenvalue weighted by atomic mass is 9.73. The van der Waals surface area contributed by atoms with Crippen molar-refractivity contribution in [2.45, 2.75) is 38.7 Å². The number of hydrogen-bond acceptors (Lipinski definition) is 2. The molecule has 0 N–H and O–H groups in total. The molecule has 2 heteroatoms. The van der Waals surface area contributed by atoms with E-state index in [2.05, 4.69) is 26.0 Å². The first kappa shape index (κ1) is 15.3. The van der Waals surface area contributed by atoms with Gasteiger partial charge < -0.3 is 4.74 Å². The van der Waals surface area contributed by atoms with Gasteiger partial charge in [0.1, 0.15) is 6.10 Å². The molecule has 0 bridgehead atoms. The van der Waals surface area contributed by atoms with Gasteiger partial charge in [0, 0.05) is 12.3 Å². The van der Waals surface area contributed by atoms with Gasteiger partial charge in [-0.15, -0.1) is 0 Å². The van der Waals surface area contributed by atoms with E-state index in [1.807, 2.05) is 48.5 Å². The van der Waals surface area contributed by atoms with Crippen LogP contribution < -0.4 is 0 Å². The third-order valence-corrected chi connectivity index (χ3v) is 4.13. The number of benzene rings is 2. The largest absolute Gasteiger partial charge is 0.457 e. The first-order valence-corrected chi connectivity index (χ1v) is 7.35. The van der Waals surface area contributed by atoms with Gasteiger partial charge in [0.05, 0.1) is 0 Å². The molecule has 0 radical (unpaired) electrons. The number of carbonyl (C=O) groups is 1. The van der Waals surface area contributed by atoms with Crippen LogP contribution in [0.2, 0.25) is 0 Å². The summed E-state index contributed by atoms with van der Waals surface area (Å²) in [5, 5.41) is 0. The second kappa shape index (κ2) is 6.57. The molecular weight excluding hydrogens is 260 g/mol. The van der Waals surface area contributed by atoms with Gasteiger partial charge in [0.15, 0.2) is 0 Å². The van der Waals surface area contributed by atoms with Crippen molar-refractivity contribution < 1.29 is 9.53 Å². The minimum Gasteiger partial charge on any atom is -0.457 e. The summed E-state index contributed by atoms with van der Waals surface area (Å²) in [4.78, 5) is 11.6. The molecule has 0 saturated carbocycles. The minimum absolute atomic E-state index is 0.251. The lowest BCUT2D eigenvalue weighted by Gasteiger charge is -2.37. The molecule has 0 saturated heterocycles. The van der Waals surface area contributed by atoms with E-state index in [9.17, 15) is 4.79 Å². The molecule has 21 heavy (non-hydrogen) atoms. The Morgan fingerprint density at radius 2 is 1.57 bits per heavy atom. The van der Waals surface area contributed by atoms with Crippen LogP contribution in [-0.2, 0) is 14.9 Å². The zero-order valence-electron chi connectivity index (χ0n) is 12.9. The first-order valence-electron chi connectivity index (χ1n) is 7.35. The van der Waals surface area contributed by atoms with Crippen LogP contribution in [0.5, 0.6) is 0 Å². The van der Waals surface area contributed by atoms with E-state index in [1.54, 1.807) is 0 Å². The number of hydrogen-bond donors (Lipinski definition) is 0. The smallest absolute Gasteiger partial charge is 0.303 e. The van der Waals surface area contributed by atoms with Crippen LogP contribution in [-0.4, -0.2) is 5.97 Å². The molecule has 0 aliphatic carbocycles. The van der Waals surface area contributed by atoms with Gasteiger partial charge in [0.25, 0.3) is 0 Å². The van der Waals surface area contributed by atoms with Gasteiger partial charge in [-0.1, -0.05) is 74.5 Å². The van der Waals surface area contributed by atoms with E-state index in [0.717, 1.165) is 12.0 Å². The number of carbonyl (C=O) groups excluding carboxylic acids is 1. The van der Waals surface area contributed by atoms with Crippen LogP contribution in [0.4, 0.5) is 0 Å². The molecule has 2 nitrogen and oxygen atoms in total. The Bertz CT molecular complexity index is 577. The van der Waals surface area contributed by atoms with E-state index in [4.69, 9.17) is 4.74 Å². The highest BCUT2D eigenvalue weighted by atomic mass is 16.5. The maximum atomic E-state index is 11.6. The third-order valence-electron chi connectivity index (χ3n) is 4.13. The highest BCUT2D eigenvalue weighted by Crippen LogP contribution is 2.42. The van der Waals surface area contributed by atoms with Gasteiger partial charge in [0.2, 0.25) is 0 Å². The van der Waals surface area contributed by atoms with Gasteiger partial charge in [-0.05, 0) is 17.5 Å². The number of esters is 1. The third kappa shape index (κ3) is 3.33. The quantitative estimate of drug-likeness (QED) is 0.746. The molecular formula is C19H22O2. The van der Waals surface area contributed by atoms with Crippen LogP contribution in [0, 0.1) is 0 Å². The Morgan fingerprint density at radius 1 is 1.05 bits per heavy atom. The molecule has 2 atom stereocenters. The summed E-state index contributed by atoms with van der Waals surface area (Å²) < 4.78 is 5.71. The molecule has 0 fully saturated rings. The van der Waals surface area contributed by atoms with Crippen molar-refractivity contribution in [3.05, 3.63) is 71.8 Å². The minimum atomic E-state index is -0.288. The second-order valence-corrected chi connectivity index (χ2v) is 5.54. The van der Waals surface area contributed by atoms with E-state index in [0.29, 0.717) is 0 Å². The SMILES string of the molecule is CC[C@@](C)(c1ccccc1)[C@@H](OC(C)=O)c1ccccc1. The lowest BCUT2D eigenvalue weighted by molar-refractivity contribution is -0.150. The molecule has 0 amide bonds. The van der Waals surface area contributed by atoms with Crippen molar-refractivity contribution in [1.29, 1.82) is 0 Å². The standard InChI is InChI=1S/C19H22O2/c1-4-19(3,17-13-9-6-10-14-17)18(21-15(2)20)16-11-7-5-8-12-16/h5-14,18H,4H2,1-3H3/t18-,19-/m0/s1. The van der Waals surface area contributed by atoms with E-state index < -0.39 is 0 Å². The molecule has 0 spiro atoms. The second-order valence-electron chi connectivity index (χ2n) is 5.54. The molecule has 2 aromatic carbocycles. The Hall–Kier alpha value is -2.09. The summed E-state index contributed by atoms with van der Waals surface area (Å²) in [7, 11) is 0. The van der Waals surface area contributed by atoms with E-state index in [-0.39, 0.29) is 17.5 Å². The van der Waals surface area contributed by atoms with Crippen molar-refractivity contribution in [3.8, 4) is 0 Å². The molecule has 2 rings (SSSR count). The van der Waals surface area contributed by atoms with Gasteiger partial charge in [-0.3, -0.25) is 4.79 Å². The van der Waals surface area contributed by atoms with Gasteiger partial charge in [-0.25, -0.2) is 0 Å². The summed E-state index contributed by atoms with van der Waals surface area (Å²) in [6.07, 6.45) is 0.590. The fourth-order valence-corrected chi connectivity index (χ4v) is 2.72. The molecule has 0 aliphatic heterocycles. The summed E-state index contributed by atoms with van der Waals surface area (Å²) in [6, 6.07) is 20.2. The maximum Gasteiger partial charge on any atom is 0.303 e. The zero-order valence-corrected chi connectivity index (χ0v) is 12.9. The van der Waals surface area contributed by atoms with Crippen LogP contribution >= 0.6 is 0 Å². The van der Waals surface area contributed by atoms with E-state index >= 15 is 0 Å². The number of rotatable bonds is 5. The maximum absolute atomic E-state index is 11.6. The van der Waals surface area contributed by atoms with Crippen molar-refractivity contribution in [3.63, 3.8) is 0 Å². The molecule has 0 unspecified atom stereocenters. The molecule has 110 valence electrons. The van der Waals surface area contributed by atoms with Crippen molar-refractivity contribution in [1.82, 2.24) is 0 Å². The Labute approximate surface area is 126 Å². The monoisotopic (exact) mass is 282 g/mol. The predicted octanol–water partition coefficient (Wildman–Crippen LogP) is 4.66. The molecule has 2 aromatic rings. The zero-order chi connectivity index (χ0) is 15.3. The lowest BCUT2D eigenvalue weighted by Crippen LogP contribution is -2.32. The predicted molar refractivity (Wildman–Crippen MR) is 85.0 cm³/mol. The summed E-state index contributed by atoms with van der Waals surface area (Å²) >= 11 is 0. The van der Waals surface area contributed by atoms with Crippen molar-refractivity contribution in [2.24, 2.45) is 0 Å². The Morgan fingerprint density at radius 3 is 2.05 bits per heavy atom. The molecule has 0 aliphatic rings. The van der Waals surface area contributed by atoms with Crippen LogP contribution in [0.15, 0.2) is 60.7 Å². The normalized spacial score (nSPS) is 15.0. The molecule has 0 heterocycles. The van der Waals surface area contributed by atoms with Crippen molar-refractivity contribution in [2.75, 3.05) is 0 Å². The first-order chi connectivity index (χ1) is 10.1. The number of ether oxygens (including phenoxy) is 1. The summed E-state index contributed by atoms with van der Waals surface area (Å²) in [6.45, 7) is 5.76. The summed E-state index contributed by atoms with van der Waals surface area (Å²) in [5.74, 6) is -0.251.